The van der Waals surface area contributed by atoms with Gasteiger partial charge in [-0.2, -0.15) is 0 Å². The van der Waals surface area contributed by atoms with E-state index in [-0.39, 0.29) is 22.5 Å². The summed E-state index contributed by atoms with van der Waals surface area (Å²) in [6.45, 7) is 8.84. The van der Waals surface area contributed by atoms with Crippen molar-refractivity contribution in [3.63, 3.8) is 0 Å². The van der Waals surface area contributed by atoms with Crippen LogP contribution < -0.4 is 4.72 Å². The maximum absolute atomic E-state index is 15.6. The van der Waals surface area contributed by atoms with Gasteiger partial charge in [-0.05, 0) is 49.5 Å². The van der Waals surface area contributed by atoms with Crippen LogP contribution in [0.15, 0.2) is 57.4 Å². The summed E-state index contributed by atoms with van der Waals surface area (Å²) in [5.41, 5.74) is 0.00132. The maximum atomic E-state index is 15.6. The number of amidine groups is 1. The number of benzene rings is 2. The molecule has 35 heavy (non-hydrogen) atoms. The lowest BCUT2D eigenvalue weighted by Gasteiger charge is -2.12. The van der Waals surface area contributed by atoms with Crippen LogP contribution in [0.25, 0.3) is 17.0 Å². The SMILES string of the molecule is C=NC(Cl)=N/C(=C\C)c1sc(C(C)C)nc1-c1cccc(NS(=O)(=O)c2c(F)cccc2F)c1F. The number of nitrogens with zero attached hydrogens (tertiary/aromatic N) is 3. The zero-order valence-corrected chi connectivity index (χ0v) is 21.2. The van der Waals surface area contributed by atoms with E-state index in [1.165, 1.54) is 23.5 Å². The molecule has 0 spiro atoms. The molecular formula is C23H20ClF3N4O2S2. The molecule has 6 nitrogen and oxygen atoms in total. The summed E-state index contributed by atoms with van der Waals surface area (Å²) < 4.78 is 71.1. The fourth-order valence-corrected chi connectivity index (χ4v) is 5.44. The van der Waals surface area contributed by atoms with Gasteiger partial charge < -0.3 is 0 Å². The van der Waals surface area contributed by atoms with Gasteiger partial charge in [0.2, 0.25) is 5.29 Å². The van der Waals surface area contributed by atoms with E-state index < -0.39 is 38.1 Å². The summed E-state index contributed by atoms with van der Waals surface area (Å²) in [7, 11) is -4.78. The Labute approximate surface area is 210 Å². The minimum absolute atomic E-state index is 0.00337. The van der Waals surface area contributed by atoms with Crippen molar-refractivity contribution < 1.29 is 21.6 Å². The number of aliphatic imine (C=N–C) groups is 2. The van der Waals surface area contributed by atoms with Crippen LogP contribution in [0.2, 0.25) is 0 Å². The largest absolute Gasteiger partial charge is 0.276 e. The molecule has 2 aromatic carbocycles. The fourth-order valence-electron chi connectivity index (χ4n) is 3.05. The quantitative estimate of drug-likeness (QED) is 0.203. The van der Waals surface area contributed by atoms with Crippen LogP contribution in [0.4, 0.5) is 18.9 Å². The molecule has 1 aromatic heterocycles. The molecule has 0 radical (unpaired) electrons. The van der Waals surface area contributed by atoms with Crippen LogP contribution in [0.5, 0.6) is 0 Å². The Balaban J connectivity index is 2.16. The zero-order chi connectivity index (χ0) is 25.9. The molecule has 0 atom stereocenters. The fraction of sp³-hybridized carbons (Fsp3) is 0.174. The molecule has 184 valence electrons. The Bertz CT molecular complexity index is 1430. The van der Waals surface area contributed by atoms with E-state index in [2.05, 4.69) is 21.7 Å². The molecule has 0 saturated carbocycles. The minimum Gasteiger partial charge on any atom is -0.276 e. The molecule has 1 N–H and O–H groups in total. The molecule has 0 aliphatic heterocycles. The van der Waals surface area contributed by atoms with Crippen molar-refractivity contribution in [2.24, 2.45) is 9.98 Å². The first-order valence-electron chi connectivity index (χ1n) is 10.1. The highest BCUT2D eigenvalue weighted by Gasteiger charge is 2.27. The van der Waals surface area contributed by atoms with Crippen molar-refractivity contribution in [2.45, 2.75) is 31.6 Å². The normalized spacial score (nSPS) is 12.8. The highest BCUT2D eigenvalue weighted by atomic mass is 35.5. The molecule has 0 fully saturated rings. The van der Waals surface area contributed by atoms with Crippen LogP contribution in [-0.2, 0) is 10.0 Å². The Morgan fingerprint density at radius 3 is 2.37 bits per heavy atom. The number of rotatable bonds is 7. The molecular weight excluding hydrogens is 521 g/mol. The first kappa shape index (κ1) is 26.6. The van der Waals surface area contributed by atoms with Crippen LogP contribution in [0.3, 0.4) is 0 Å². The lowest BCUT2D eigenvalue weighted by Crippen LogP contribution is -2.17. The van der Waals surface area contributed by atoms with Gasteiger partial charge in [0.1, 0.15) is 11.6 Å². The summed E-state index contributed by atoms with van der Waals surface area (Å²) >= 11 is 7.19. The standard InChI is InChI=1S/C23H20ClF3N4O2S2/c1-5-16(29-23(24)28-4)20-19(30-22(34-20)12(2)3)13-8-6-11-17(18(13)27)31-35(32,33)21-14(25)9-7-10-15(21)26/h5-12,31H,4H2,1-3H3/b16-5-,29-23?. The molecule has 3 aromatic rings. The van der Waals surface area contributed by atoms with Crippen molar-refractivity contribution in [3.8, 4) is 11.3 Å². The van der Waals surface area contributed by atoms with Gasteiger partial charge in [-0.3, -0.25) is 4.72 Å². The third-order valence-electron chi connectivity index (χ3n) is 4.67. The summed E-state index contributed by atoms with van der Waals surface area (Å²) in [4.78, 5) is 11.5. The van der Waals surface area contributed by atoms with Gasteiger partial charge >= 0.3 is 0 Å². The number of nitrogens with one attached hydrogen (secondary N) is 1. The topological polar surface area (TPSA) is 83.8 Å². The lowest BCUT2D eigenvalue weighted by molar-refractivity contribution is 0.521. The number of hydrogen-bond acceptors (Lipinski definition) is 5. The lowest BCUT2D eigenvalue weighted by atomic mass is 10.1. The van der Waals surface area contributed by atoms with Crippen molar-refractivity contribution in [1.82, 2.24) is 4.98 Å². The monoisotopic (exact) mass is 540 g/mol. The van der Waals surface area contributed by atoms with Gasteiger partial charge in [0.05, 0.1) is 27.0 Å². The van der Waals surface area contributed by atoms with Crippen molar-refractivity contribution in [3.05, 3.63) is 69.8 Å². The van der Waals surface area contributed by atoms with Gasteiger partial charge in [0.15, 0.2) is 10.7 Å². The van der Waals surface area contributed by atoms with Gasteiger partial charge in [0, 0.05) is 11.5 Å². The number of thiazole rings is 1. The van der Waals surface area contributed by atoms with Crippen molar-refractivity contribution in [2.75, 3.05) is 4.72 Å². The number of anilines is 1. The van der Waals surface area contributed by atoms with Gasteiger partial charge in [-0.1, -0.05) is 32.1 Å². The van der Waals surface area contributed by atoms with E-state index in [4.69, 9.17) is 11.6 Å². The van der Waals surface area contributed by atoms with Crippen LogP contribution >= 0.6 is 22.9 Å². The van der Waals surface area contributed by atoms with Crippen molar-refractivity contribution in [1.29, 1.82) is 0 Å². The van der Waals surface area contributed by atoms with Gasteiger partial charge in [-0.25, -0.2) is 36.6 Å². The van der Waals surface area contributed by atoms with E-state index in [1.807, 2.05) is 18.6 Å². The number of sulfonamides is 1. The van der Waals surface area contributed by atoms with Gasteiger partial charge in [-0.15, -0.1) is 11.3 Å². The number of aromatic nitrogens is 1. The Kier molecular flexibility index (Phi) is 8.14. The predicted molar refractivity (Wildman–Crippen MR) is 135 cm³/mol. The molecule has 0 aliphatic carbocycles. The Morgan fingerprint density at radius 2 is 1.80 bits per heavy atom. The summed E-state index contributed by atoms with van der Waals surface area (Å²) in [5.74, 6) is -3.60. The molecule has 12 heteroatoms. The van der Waals surface area contributed by atoms with E-state index in [0.29, 0.717) is 15.6 Å². The number of halogens is 4. The molecule has 0 bridgehead atoms. The van der Waals surface area contributed by atoms with Crippen LogP contribution in [0, 0.1) is 17.5 Å². The summed E-state index contributed by atoms with van der Waals surface area (Å²) in [6, 6.07) is 6.55. The second-order valence-electron chi connectivity index (χ2n) is 7.42. The van der Waals surface area contributed by atoms with Crippen LogP contribution in [0.1, 0.15) is 36.6 Å². The van der Waals surface area contributed by atoms with E-state index in [0.717, 1.165) is 24.3 Å². The molecule has 0 aliphatic rings. The number of allylic oxidation sites excluding steroid dienone is 1. The molecule has 0 saturated heterocycles. The molecule has 0 unspecified atom stereocenters. The highest BCUT2D eigenvalue weighted by molar-refractivity contribution is 7.92. The van der Waals surface area contributed by atoms with E-state index in [9.17, 15) is 17.2 Å². The summed E-state index contributed by atoms with van der Waals surface area (Å²) in [6.07, 6.45) is 1.64. The van der Waals surface area contributed by atoms with Gasteiger partial charge in [0.25, 0.3) is 10.0 Å². The molecule has 1 heterocycles. The maximum Gasteiger partial charge on any atom is 0.267 e. The third kappa shape index (κ3) is 5.63. The minimum atomic E-state index is -4.78. The second kappa shape index (κ2) is 10.7. The predicted octanol–water partition coefficient (Wildman–Crippen LogP) is 6.81. The third-order valence-corrected chi connectivity index (χ3v) is 7.67. The Morgan fingerprint density at radius 1 is 1.17 bits per heavy atom. The average molecular weight is 541 g/mol. The van der Waals surface area contributed by atoms with E-state index >= 15 is 4.39 Å². The highest BCUT2D eigenvalue weighted by Crippen LogP contribution is 2.39. The average Bonchev–Trinajstić information content (AvgIpc) is 3.23. The second-order valence-corrected chi connectivity index (χ2v) is 10.4. The number of hydrogen-bond donors (Lipinski definition) is 1. The first-order valence-corrected chi connectivity index (χ1v) is 12.8. The molecule has 0 amide bonds. The smallest absolute Gasteiger partial charge is 0.267 e. The first-order chi connectivity index (χ1) is 16.5. The van der Waals surface area contributed by atoms with Crippen LogP contribution in [-0.4, -0.2) is 25.4 Å². The molecule has 3 rings (SSSR count). The summed E-state index contributed by atoms with van der Waals surface area (Å²) in [5, 5.41) is 0.545. The van der Waals surface area contributed by atoms with E-state index in [1.54, 1.807) is 13.0 Å². The Hall–Kier alpha value is -3.02. The van der Waals surface area contributed by atoms with Crippen molar-refractivity contribution >= 4 is 56.4 Å². The zero-order valence-electron chi connectivity index (χ0n) is 18.8.